The van der Waals surface area contributed by atoms with Crippen molar-refractivity contribution in [2.75, 3.05) is 10.6 Å². The molecular weight excluding hydrogens is 569 g/mol. The van der Waals surface area contributed by atoms with Gasteiger partial charge >= 0.3 is 23.7 Å². The summed E-state index contributed by atoms with van der Waals surface area (Å²) in [7, 11) is 1.37. The summed E-state index contributed by atoms with van der Waals surface area (Å²) >= 11 is 11.9. The van der Waals surface area contributed by atoms with E-state index in [1.165, 1.54) is 37.4 Å². The summed E-state index contributed by atoms with van der Waals surface area (Å²) in [4.78, 5) is 72.2. The zero-order valence-corrected chi connectivity index (χ0v) is 22.3. The van der Waals surface area contributed by atoms with Gasteiger partial charge < -0.3 is 20.8 Å². The number of carboxylic acids is 2. The number of benzene rings is 2. The predicted molar refractivity (Wildman–Crippen MR) is 146 cm³/mol. The quantitative estimate of drug-likeness (QED) is 0.237. The van der Waals surface area contributed by atoms with Crippen molar-refractivity contribution in [3.05, 3.63) is 90.5 Å². The summed E-state index contributed by atoms with van der Waals surface area (Å²) in [5.74, 6) is -3.39. The highest BCUT2D eigenvalue weighted by atomic mass is 35.5. The van der Waals surface area contributed by atoms with E-state index in [-0.39, 0.29) is 35.1 Å². The second kappa shape index (κ2) is 13.0. The van der Waals surface area contributed by atoms with Crippen LogP contribution in [-0.2, 0) is 23.2 Å². The molecule has 3 amide bonds. The molecule has 13 nitrogen and oxygen atoms in total. The first kappa shape index (κ1) is 29.9. The molecule has 0 saturated heterocycles. The molecule has 210 valence electrons. The Kier molecular flexibility index (Phi) is 9.69. The molecule has 40 heavy (non-hydrogen) atoms. The second-order valence-corrected chi connectivity index (χ2v) is 9.31. The fourth-order valence-electron chi connectivity index (χ4n) is 3.51. The SMILES string of the molecule is Cn1c(NC(=O)Nc2ccc(C(=O)N[C@@H](CCC(=O)O)C(=O)O)cc2)cc(=O)n(Cc2ccc(Cl)c(Cl)c2)c1=O. The molecule has 0 bridgehead atoms. The normalized spacial score (nSPS) is 11.4. The molecule has 0 saturated carbocycles. The van der Waals surface area contributed by atoms with E-state index in [1.54, 1.807) is 12.1 Å². The van der Waals surface area contributed by atoms with Crippen LogP contribution in [0.4, 0.5) is 16.3 Å². The van der Waals surface area contributed by atoms with E-state index in [1.807, 2.05) is 0 Å². The van der Waals surface area contributed by atoms with E-state index >= 15 is 0 Å². The van der Waals surface area contributed by atoms with E-state index < -0.39 is 47.6 Å². The number of hydrogen-bond donors (Lipinski definition) is 5. The molecule has 3 rings (SSSR count). The molecule has 1 atom stereocenters. The van der Waals surface area contributed by atoms with Crippen LogP contribution in [0.15, 0.2) is 58.1 Å². The first-order valence-electron chi connectivity index (χ1n) is 11.5. The van der Waals surface area contributed by atoms with Gasteiger partial charge in [-0.05, 0) is 48.4 Å². The van der Waals surface area contributed by atoms with Gasteiger partial charge in [0.25, 0.3) is 11.5 Å². The molecule has 3 aromatic rings. The van der Waals surface area contributed by atoms with Crippen LogP contribution in [0.3, 0.4) is 0 Å². The Morgan fingerprint density at radius 3 is 2.20 bits per heavy atom. The summed E-state index contributed by atoms with van der Waals surface area (Å²) in [6, 6.07) is 8.99. The Morgan fingerprint density at radius 1 is 0.925 bits per heavy atom. The lowest BCUT2D eigenvalue weighted by atomic mass is 10.1. The molecule has 15 heteroatoms. The van der Waals surface area contributed by atoms with Gasteiger partial charge in [0.05, 0.1) is 16.6 Å². The molecule has 0 unspecified atom stereocenters. The Bertz CT molecular complexity index is 1580. The Balaban J connectivity index is 1.66. The minimum Gasteiger partial charge on any atom is -0.481 e. The third-order valence-electron chi connectivity index (χ3n) is 5.63. The number of urea groups is 1. The minimum absolute atomic E-state index is 0.0679. The highest BCUT2D eigenvalue weighted by Crippen LogP contribution is 2.22. The van der Waals surface area contributed by atoms with E-state index in [9.17, 15) is 33.9 Å². The largest absolute Gasteiger partial charge is 0.481 e. The monoisotopic (exact) mass is 591 g/mol. The van der Waals surface area contributed by atoms with Crippen LogP contribution < -0.4 is 27.2 Å². The number of nitrogens with one attached hydrogen (secondary N) is 3. The van der Waals surface area contributed by atoms with Gasteiger partial charge in [-0.1, -0.05) is 29.3 Å². The number of rotatable bonds is 10. The first-order chi connectivity index (χ1) is 18.8. The lowest BCUT2D eigenvalue weighted by Crippen LogP contribution is -2.41. The summed E-state index contributed by atoms with van der Waals surface area (Å²) < 4.78 is 2.04. The maximum absolute atomic E-state index is 12.8. The van der Waals surface area contributed by atoms with Gasteiger partial charge in [-0.3, -0.25) is 28.8 Å². The van der Waals surface area contributed by atoms with Crippen LogP contribution in [-0.4, -0.2) is 49.3 Å². The molecule has 5 N–H and O–H groups in total. The highest BCUT2D eigenvalue weighted by Gasteiger charge is 2.21. The highest BCUT2D eigenvalue weighted by molar-refractivity contribution is 6.42. The molecule has 1 heterocycles. The first-order valence-corrected chi connectivity index (χ1v) is 12.3. The van der Waals surface area contributed by atoms with Gasteiger partial charge in [-0.25, -0.2) is 14.4 Å². The molecule has 0 spiro atoms. The Hall–Kier alpha value is -4.62. The number of carbonyl (C=O) groups excluding carboxylic acids is 2. The number of carboxylic acid groups (broad SMARTS) is 2. The fraction of sp³-hybridized carbons (Fsp3) is 0.200. The van der Waals surface area contributed by atoms with Gasteiger partial charge in [0.15, 0.2) is 0 Å². The molecule has 0 fully saturated rings. The van der Waals surface area contributed by atoms with Crippen LogP contribution in [0, 0.1) is 0 Å². The van der Waals surface area contributed by atoms with E-state index in [0.29, 0.717) is 10.6 Å². The number of halogens is 2. The Morgan fingerprint density at radius 2 is 1.60 bits per heavy atom. The van der Waals surface area contributed by atoms with Crippen LogP contribution in [0.25, 0.3) is 0 Å². The lowest BCUT2D eigenvalue weighted by molar-refractivity contribution is -0.140. The van der Waals surface area contributed by atoms with Gasteiger partial charge in [0.1, 0.15) is 11.9 Å². The molecule has 0 radical (unpaired) electrons. The van der Waals surface area contributed by atoms with Crippen LogP contribution in [0.1, 0.15) is 28.8 Å². The third kappa shape index (κ3) is 7.71. The number of aliphatic carboxylic acids is 2. The average Bonchev–Trinajstić information content (AvgIpc) is 2.89. The molecular formula is C25H23Cl2N5O8. The zero-order chi connectivity index (χ0) is 29.6. The second-order valence-electron chi connectivity index (χ2n) is 8.50. The Labute approximate surface area is 236 Å². The molecule has 1 aromatic heterocycles. The van der Waals surface area contributed by atoms with Crippen molar-refractivity contribution in [2.24, 2.45) is 7.05 Å². The average molecular weight is 592 g/mol. The lowest BCUT2D eigenvalue weighted by Gasteiger charge is -2.14. The maximum Gasteiger partial charge on any atom is 0.332 e. The molecule has 0 aliphatic heterocycles. The zero-order valence-electron chi connectivity index (χ0n) is 20.8. The van der Waals surface area contributed by atoms with Crippen molar-refractivity contribution in [2.45, 2.75) is 25.4 Å². The smallest absolute Gasteiger partial charge is 0.332 e. The van der Waals surface area contributed by atoms with Crippen LogP contribution >= 0.6 is 23.2 Å². The van der Waals surface area contributed by atoms with Crippen molar-refractivity contribution in [3.63, 3.8) is 0 Å². The van der Waals surface area contributed by atoms with Crippen molar-refractivity contribution >= 4 is 58.6 Å². The number of carbonyl (C=O) groups is 4. The number of anilines is 2. The fourth-order valence-corrected chi connectivity index (χ4v) is 3.83. The summed E-state index contributed by atoms with van der Waals surface area (Å²) in [5.41, 5.74) is -0.466. The van der Waals surface area contributed by atoms with Crippen molar-refractivity contribution < 1.29 is 29.4 Å². The van der Waals surface area contributed by atoms with Crippen molar-refractivity contribution in [1.29, 1.82) is 0 Å². The van der Waals surface area contributed by atoms with Gasteiger partial charge in [0.2, 0.25) is 0 Å². The van der Waals surface area contributed by atoms with Crippen molar-refractivity contribution in [3.8, 4) is 0 Å². The third-order valence-corrected chi connectivity index (χ3v) is 6.37. The van der Waals surface area contributed by atoms with E-state index in [0.717, 1.165) is 15.2 Å². The summed E-state index contributed by atoms with van der Waals surface area (Å²) in [5, 5.41) is 25.7. The standard InChI is InChI=1S/C25H23Cl2N5O8/c1-31-19(11-20(33)32(25(31)40)12-13-2-7-16(26)17(27)10-13)30-24(39)28-15-5-3-14(4-6-15)22(36)29-18(23(37)38)8-9-21(34)35/h2-7,10-11,18H,8-9,12H2,1H3,(H,29,36)(H,34,35)(H,37,38)(H2,28,30,39)/t18-/m0/s1. The summed E-state index contributed by atoms with van der Waals surface area (Å²) in [6.45, 7) is -0.0679. The number of hydrogen-bond acceptors (Lipinski definition) is 6. The van der Waals surface area contributed by atoms with Gasteiger partial charge in [0, 0.05) is 30.8 Å². The maximum atomic E-state index is 12.8. The van der Waals surface area contributed by atoms with Crippen LogP contribution in [0.5, 0.6) is 0 Å². The van der Waals surface area contributed by atoms with Gasteiger partial charge in [-0.15, -0.1) is 0 Å². The van der Waals surface area contributed by atoms with Gasteiger partial charge in [-0.2, -0.15) is 0 Å². The van der Waals surface area contributed by atoms with Crippen LogP contribution in [0.2, 0.25) is 10.0 Å². The molecule has 0 aliphatic carbocycles. The molecule has 0 aliphatic rings. The minimum atomic E-state index is -1.39. The summed E-state index contributed by atoms with van der Waals surface area (Å²) in [6.07, 6.45) is -0.730. The number of nitrogens with zero attached hydrogens (tertiary/aromatic N) is 2. The topological polar surface area (TPSA) is 189 Å². The number of aromatic nitrogens is 2. The van der Waals surface area contributed by atoms with E-state index in [4.69, 9.17) is 28.3 Å². The predicted octanol–water partition coefficient (Wildman–Crippen LogP) is 2.59. The number of amides is 3. The molecule has 2 aromatic carbocycles. The van der Waals surface area contributed by atoms with Crippen molar-refractivity contribution in [1.82, 2.24) is 14.5 Å². The van der Waals surface area contributed by atoms with E-state index in [2.05, 4.69) is 16.0 Å².